The molecule has 0 saturated heterocycles. The molecule has 0 spiro atoms. The number of aromatic nitrogens is 5. The summed E-state index contributed by atoms with van der Waals surface area (Å²) in [5, 5.41) is 10.4. The number of carbonyl (C=O) groups is 1. The molecule has 29 heavy (non-hydrogen) atoms. The van der Waals surface area contributed by atoms with Gasteiger partial charge < -0.3 is 9.30 Å². The zero-order valence-electron chi connectivity index (χ0n) is 15.5. The van der Waals surface area contributed by atoms with E-state index >= 15 is 0 Å². The van der Waals surface area contributed by atoms with Gasteiger partial charge in [0, 0.05) is 26.0 Å². The summed E-state index contributed by atoms with van der Waals surface area (Å²) in [5.74, 6) is 0.157. The minimum Gasteiger partial charge on any atom is -0.484 e. The Bertz CT molecular complexity index is 1300. The summed E-state index contributed by atoms with van der Waals surface area (Å²) in [6.07, 6.45) is 1.73. The van der Waals surface area contributed by atoms with Crippen molar-refractivity contribution in [2.45, 2.75) is 0 Å². The van der Waals surface area contributed by atoms with Crippen LogP contribution in [0, 0.1) is 0 Å². The summed E-state index contributed by atoms with van der Waals surface area (Å²) in [7, 11) is 3.07. The van der Waals surface area contributed by atoms with Crippen LogP contribution in [0.5, 0.6) is 5.75 Å². The van der Waals surface area contributed by atoms with Crippen molar-refractivity contribution >= 4 is 33.4 Å². The van der Waals surface area contributed by atoms with Crippen LogP contribution in [-0.2, 0) is 18.9 Å². The Morgan fingerprint density at radius 2 is 1.90 bits per heavy atom. The number of rotatable bonds is 5. The van der Waals surface area contributed by atoms with Gasteiger partial charge in [-0.3, -0.25) is 24.0 Å². The average Bonchev–Trinajstić information content (AvgIpc) is 3.39. The number of fused-ring (bicyclic) bond motifs is 1. The van der Waals surface area contributed by atoms with Crippen molar-refractivity contribution in [2.75, 3.05) is 11.9 Å². The van der Waals surface area contributed by atoms with Crippen molar-refractivity contribution in [2.24, 2.45) is 14.1 Å². The average molecular weight is 412 g/mol. The lowest BCUT2D eigenvalue weighted by Gasteiger charge is -2.10. The molecule has 1 N–H and O–H groups in total. The molecule has 0 saturated carbocycles. The third-order valence-corrected chi connectivity index (χ3v) is 5.01. The van der Waals surface area contributed by atoms with Gasteiger partial charge in [-0.25, -0.2) is 4.79 Å². The minimum atomic E-state index is -0.379. The fourth-order valence-electron chi connectivity index (χ4n) is 2.93. The van der Waals surface area contributed by atoms with Crippen LogP contribution < -0.4 is 21.3 Å². The minimum absolute atomic E-state index is 0.173. The lowest BCUT2D eigenvalue weighted by atomic mass is 10.3. The predicted molar refractivity (Wildman–Crippen MR) is 108 cm³/mol. The molecule has 0 atom stereocenters. The number of anilines is 1. The first-order valence-corrected chi connectivity index (χ1v) is 9.40. The van der Waals surface area contributed by atoms with Gasteiger partial charge in [-0.1, -0.05) is 11.3 Å². The van der Waals surface area contributed by atoms with E-state index in [1.165, 1.54) is 28.5 Å². The summed E-state index contributed by atoms with van der Waals surface area (Å²) in [4.78, 5) is 36.5. The van der Waals surface area contributed by atoms with Crippen molar-refractivity contribution < 1.29 is 9.53 Å². The zero-order chi connectivity index (χ0) is 20.5. The maximum absolute atomic E-state index is 12.6. The number of amides is 1. The first-order valence-electron chi connectivity index (χ1n) is 8.52. The van der Waals surface area contributed by atoms with Crippen LogP contribution in [0.1, 0.15) is 0 Å². The molecule has 3 heterocycles. The van der Waals surface area contributed by atoms with Crippen LogP contribution in [-0.4, -0.2) is 36.4 Å². The van der Waals surface area contributed by atoms with Gasteiger partial charge in [0.1, 0.15) is 16.8 Å². The second-order valence-electron chi connectivity index (χ2n) is 6.20. The van der Waals surface area contributed by atoms with Crippen LogP contribution in [0.2, 0.25) is 0 Å². The summed E-state index contributed by atoms with van der Waals surface area (Å²) < 4.78 is 9.70. The molecule has 0 bridgehead atoms. The smallest absolute Gasteiger partial charge is 0.331 e. The van der Waals surface area contributed by atoms with Gasteiger partial charge in [0.05, 0.1) is 5.52 Å². The van der Waals surface area contributed by atoms with Crippen molar-refractivity contribution in [1.82, 2.24) is 23.9 Å². The van der Waals surface area contributed by atoms with Crippen molar-refractivity contribution in [1.29, 1.82) is 0 Å². The van der Waals surface area contributed by atoms with Gasteiger partial charge in [0.15, 0.2) is 6.61 Å². The standard InChI is InChI=1S/C18H16N6O4S/c1-22-13-7-8-24(15(13)16(26)23(2)18(22)27)11-3-5-12(6-4-11)28-9-14(25)20-17-21-19-10-29-17/h3-8,10H,9H2,1-2H3,(H,20,21,25). The van der Waals surface area contributed by atoms with Crippen LogP contribution >= 0.6 is 11.3 Å². The van der Waals surface area contributed by atoms with E-state index in [-0.39, 0.29) is 23.8 Å². The zero-order valence-corrected chi connectivity index (χ0v) is 16.3. The van der Waals surface area contributed by atoms with E-state index in [0.717, 1.165) is 10.3 Å². The molecule has 1 aromatic carbocycles. The van der Waals surface area contributed by atoms with E-state index in [1.807, 2.05) is 0 Å². The number of carbonyl (C=O) groups excluding carboxylic acids is 1. The molecule has 0 aliphatic rings. The third kappa shape index (κ3) is 3.43. The molecule has 3 aromatic heterocycles. The highest BCUT2D eigenvalue weighted by molar-refractivity contribution is 7.13. The molecule has 4 aromatic rings. The van der Waals surface area contributed by atoms with Gasteiger partial charge in [0.2, 0.25) is 5.13 Å². The molecule has 0 unspecified atom stereocenters. The topological polar surface area (TPSA) is 113 Å². The van der Waals surface area contributed by atoms with Crippen LogP contribution in [0.3, 0.4) is 0 Å². The van der Waals surface area contributed by atoms with E-state index in [1.54, 1.807) is 48.1 Å². The number of hydrogen-bond donors (Lipinski definition) is 1. The van der Waals surface area contributed by atoms with Gasteiger partial charge in [0.25, 0.3) is 11.5 Å². The maximum Gasteiger partial charge on any atom is 0.331 e. The molecule has 148 valence electrons. The molecule has 11 heteroatoms. The fourth-order valence-corrected chi connectivity index (χ4v) is 3.39. The van der Waals surface area contributed by atoms with E-state index in [2.05, 4.69) is 15.5 Å². The summed E-state index contributed by atoms with van der Waals surface area (Å²) in [5.41, 5.74) is 2.44. The summed E-state index contributed by atoms with van der Waals surface area (Å²) >= 11 is 1.22. The molecule has 0 aliphatic carbocycles. The predicted octanol–water partition coefficient (Wildman–Crippen LogP) is 0.897. The lowest BCUT2D eigenvalue weighted by Crippen LogP contribution is -2.37. The third-order valence-electron chi connectivity index (χ3n) is 4.40. The van der Waals surface area contributed by atoms with E-state index in [4.69, 9.17) is 4.74 Å². The van der Waals surface area contributed by atoms with Gasteiger partial charge >= 0.3 is 5.69 Å². The fraction of sp³-hybridized carbons (Fsp3) is 0.167. The van der Waals surface area contributed by atoms with Gasteiger partial charge in [-0.15, -0.1) is 10.2 Å². The van der Waals surface area contributed by atoms with Crippen LogP contribution in [0.15, 0.2) is 51.6 Å². The van der Waals surface area contributed by atoms with E-state index in [9.17, 15) is 14.4 Å². The SMILES string of the molecule is Cn1c(=O)c2c(ccn2-c2ccc(OCC(=O)Nc3nncs3)cc2)n(C)c1=O. The van der Waals surface area contributed by atoms with Crippen molar-refractivity contribution in [3.05, 3.63) is 62.9 Å². The van der Waals surface area contributed by atoms with E-state index < -0.39 is 0 Å². The number of nitrogens with one attached hydrogen (secondary N) is 1. The van der Waals surface area contributed by atoms with Crippen LogP contribution in [0.4, 0.5) is 5.13 Å². The second-order valence-corrected chi connectivity index (χ2v) is 7.03. The Balaban J connectivity index is 1.55. The number of ether oxygens (including phenoxy) is 1. The molecule has 10 nitrogen and oxygen atoms in total. The molecule has 0 radical (unpaired) electrons. The second kappa shape index (κ2) is 7.36. The maximum atomic E-state index is 12.6. The Morgan fingerprint density at radius 1 is 1.14 bits per heavy atom. The van der Waals surface area contributed by atoms with Gasteiger partial charge in [-0.2, -0.15) is 0 Å². The molecule has 0 fully saturated rings. The molecular weight excluding hydrogens is 396 g/mol. The number of aryl methyl sites for hydroxylation is 1. The molecule has 0 aliphatic heterocycles. The van der Waals surface area contributed by atoms with Crippen molar-refractivity contribution in [3.63, 3.8) is 0 Å². The molecular formula is C18H16N6O4S. The lowest BCUT2D eigenvalue weighted by molar-refractivity contribution is -0.118. The molecule has 1 amide bonds. The number of benzene rings is 1. The largest absolute Gasteiger partial charge is 0.484 e. The van der Waals surface area contributed by atoms with Crippen molar-refractivity contribution in [3.8, 4) is 11.4 Å². The highest BCUT2D eigenvalue weighted by Crippen LogP contribution is 2.19. The highest BCUT2D eigenvalue weighted by Gasteiger charge is 2.14. The summed E-state index contributed by atoms with van der Waals surface area (Å²) in [6, 6.07) is 8.65. The highest BCUT2D eigenvalue weighted by atomic mass is 32.1. The Labute approximate surface area is 167 Å². The Hall–Kier alpha value is -3.73. The Morgan fingerprint density at radius 3 is 2.59 bits per heavy atom. The van der Waals surface area contributed by atoms with Gasteiger partial charge in [-0.05, 0) is 30.3 Å². The molecule has 4 rings (SSSR count). The normalized spacial score (nSPS) is 11.0. The summed E-state index contributed by atoms with van der Waals surface area (Å²) in [6.45, 7) is -0.173. The monoisotopic (exact) mass is 412 g/mol. The first-order chi connectivity index (χ1) is 14.0. The number of nitrogens with zero attached hydrogens (tertiary/aromatic N) is 5. The number of hydrogen-bond acceptors (Lipinski definition) is 7. The quantitative estimate of drug-likeness (QED) is 0.521. The van der Waals surface area contributed by atoms with E-state index in [0.29, 0.717) is 21.9 Å². The van der Waals surface area contributed by atoms with Crippen LogP contribution in [0.25, 0.3) is 16.7 Å². The Kier molecular flexibility index (Phi) is 4.72. The first kappa shape index (κ1) is 18.6.